The number of carbonyl (C=O) groups is 1. The van der Waals surface area contributed by atoms with E-state index in [0.29, 0.717) is 6.54 Å². The minimum absolute atomic E-state index is 0.136. The lowest BCUT2D eigenvalue weighted by Crippen LogP contribution is -2.29. The number of amides is 2. The lowest BCUT2D eigenvalue weighted by molar-refractivity contribution is 0.252. The Morgan fingerprint density at radius 2 is 1.89 bits per heavy atom. The molecule has 0 saturated heterocycles. The minimum atomic E-state index is -0.136. The van der Waals surface area contributed by atoms with Crippen molar-refractivity contribution in [2.45, 2.75) is 12.8 Å². The molecule has 2 aromatic carbocycles. The number of urea groups is 1. The zero-order valence-corrected chi connectivity index (χ0v) is 10.8. The summed E-state index contributed by atoms with van der Waals surface area (Å²) in [5.74, 6) is 0.190. The maximum Gasteiger partial charge on any atom is 0.319 e. The third-order valence-corrected chi connectivity index (χ3v) is 3.50. The molecule has 0 fully saturated rings. The molecule has 3 rings (SSSR count). The Bertz CT molecular complexity index is 607. The Morgan fingerprint density at radius 3 is 2.68 bits per heavy atom. The van der Waals surface area contributed by atoms with Crippen LogP contribution in [0.5, 0.6) is 0 Å². The molecule has 1 aliphatic rings. The van der Waals surface area contributed by atoms with Crippen LogP contribution < -0.4 is 10.6 Å². The van der Waals surface area contributed by atoms with E-state index in [1.54, 1.807) is 0 Å². The average molecular weight is 252 g/mol. The second-order valence-electron chi connectivity index (χ2n) is 4.89. The highest BCUT2D eigenvalue weighted by Crippen LogP contribution is 2.32. The summed E-state index contributed by atoms with van der Waals surface area (Å²) in [4.78, 5) is 11.7. The Morgan fingerprint density at radius 1 is 1.11 bits per heavy atom. The first-order valence-corrected chi connectivity index (χ1v) is 6.44. The van der Waals surface area contributed by atoms with Gasteiger partial charge < -0.3 is 10.6 Å². The minimum Gasteiger partial charge on any atom is -0.337 e. The van der Waals surface area contributed by atoms with Gasteiger partial charge in [-0.3, -0.25) is 0 Å². The standard InChI is InChI=1S/C16H16N2O/c1-11-7-8-15-13(9-11)14(10-17-16(19)18-15)12-5-3-2-4-6-12/h2-9,14H,10H2,1H3,(H2,17,18,19). The van der Waals surface area contributed by atoms with Gasteiger partial charge in [0.25, 0.3) is 0 Å². The van der Waals surface area contributed by atoms with E-state index in [0.717, 1.165) is 5.69 Å². The molecule has 1 heterocycles. The summed E-state index contributed by atoms with van der Waals surface area (Å²) in [6.45, 7) is 2.69. The van der Waals surface area contributed by atoms with Crippen LogP contribution in [0.15, 0.2) is 48.5 Å². The highest BCUT2D eigenvalue weighted by Gasteiger charge is 2.22. The molecule has 2 amide bonds. The fraction of sp³-hybridized carbons (Fsp3) is 0.188. The highest BCUT2D eigenvalue weighted by atomic mass is 16.2. The van der Waals surface area contributed by atoms with E-state index < -0.39 is 0 Å². The summed E-state index contributed by atoms with van der Waals surface area (Å²) in [5, 5.41) is 5.81. The fourth-order valence-corrected chi connectivity index (χ4v) is 2.54. The molecule has 3 nitrogen and oxygen atoms in total. The van der Waals surface area contributed by atoms with Gasteiger partial charge in [-0.15, -0.1) is 0 Å². The number of carbonyl (C=O) groups excluding carboxylic acids is 1. The molecule has 1 atom stereocenters. The monoisotopic (exact) mass is 252 g/mol. The lowest BCUT2D eigenvalue weighted by atomic mass is 9.89. The van der Waals surface area contributed by atoms with Crippen LogP contribution in [-0.2, 0) is 0 Å². The zero-order valence-electron chi connectivity index (χ0n) is 10.8. The van der Waals surface area contributed by atoms with E-state index in [9.17, 15) is 4.79 Å². The largest absolute Gasteiger partial charge is 0.337 e. The van der Waals surface area contributed by atoms with Gasteiger partial charge in [-0.05, 0) is 24.1 Å². The summed E-state index contributed by atoms with van der Waals surface area (Å²) >= 11 is 0. The SMILES string of the molecule is Cc1ccc2c(c1)C(c1ccccc1)CNC(=O)N2. The topological polar surface area (TPSA) is 41.1 Å². The van der Waals surface area contributed by atoms with Gasteiger partial charge in [0, 0.05) is 18.2 Å². The van der Waals surface area contributed by atoms with Crippen molar-refractivity contribution in [1.29, 1.82) is 0 Å². The van der Waals surface area contributed by atoms with Crippen molar-refractivity contribution >= 4 is 11.7 Å². The molecule has 0 aromatic heterocycles. The van der Waals surface area contributed by atoms with E-state index in [1.807, 2.05) is 30.3 Å². The van der Waals surface area contributed by atoms with Gasteiger partial charge in [0.2, 0.25) is 0 Å². The van der Waals surface area contributed by atoms with Gasteiger partial charge in [-0.1, -0.05) is 48.0 Å². The van der Waals surface area contributed by atoms with Crippen molar-refractivity contribution in [3.8, 4) is 0 Å². The normalized spacial score (nSPS) is 17.9. The van der Waals surface area contributed by atoms with Gasteiger partial charge in [0.05, 0.1) is 0 Å². The summed E-state index contributed by atoms with van der Waals surface area (Å²) in [6, 6.07) is 16.3. The quantitative estimate of drug-likeness (QED) is 0.803. The first-order chi connectivity index (χ1) is 9.24. The number of anilines is 1. The van der Waals surface area contributed by atoms with Crippen molar-refractivity contribution in [3.63, 3.8) is 0 Å². The molecule has 2 aromatic rings. The van der Waals surface area contributed by atoms with Gasteiger partial charge in [-0.25, -0.2) is 4.79 Å². The summed E-state index contributed by atoms with van der Waals surface area (Å²) in [6.07, 6.45) is 0. The molecular formula is C16H16N2O. The third kappa shape index (κ3) is 2.32. The van der Waals surface area contributed by atoms with Crippen LogP contribution in [0.1, 0.15) is 22.6 Å². The van der Waals surface area contributed by atoms with E-state index in [1.165, 1.54) is 16.7 Å². The smallest absolute Gasteiger partial charge is 0.319 e. The van der Waals surface area contributed by atoms with Crippen molar-refractivity contribution < 1.29 is 4.79 Å². The number of fused-ring (bicyclic) bond motifs is 1. The van der Waals surface area contributed by atoms with Gasteiger partial charge in [0.15, 0.2) is 0 Å². The van der Waals surface area contributed by atoms with Crippen LogP contribution in [0.4, 0.5) is 10.5 Å². The molecule has 0 aliphatic carbocycles. The third-order valence-electron chi connectivity index (χ3n) is 3.50. The van der Waals surface area contributed by atoms with Crippen molar-refractivity contribution in [1.82, 2.24) is 5.32 Å². The number of hydrogen-bond donors (Lipinski definition) is 2. The zero-order chi connectivity index (χ0) is 13.2. The second-order valence-corrected chi connectivity index (χ2v) is 4.89. The average Bonchev–Trinajstić information content (AvgIpc) is 2.58. The highest BCUT2D eigenvalue weighted by molar-refractivity contribution is 5.91. The Hall–Kier alpha value is -2.29. The maximum atomic E-state index is 11.7. The first kappa shape index (κ1) is 11.8. The van der Waals surface area contributed by atoms with Crippen LogP contribution in [0.2, 0.25) is 0 Å². The van der Waals surface area contributed by atoms with Gasteiger partial charge in [0.1, 0.15) is 0 Å². The Balaban J connectivity index is 2.11. The molecule has 1 unspecified atom stereocenters. The number of benzene rings is 2. The number of hydrogen-bond acceptors (Lipinski definition) is 1. The molecule has 2 N–H and O–H groups in total. The van der Waals surface area contributed by atoms with Crippen molar-refractivity contribution in [3.05, 3.63) is 65.2 Å². The van der Waals surface area contributed by atoms with Crippen molar-refractivity contribution in [2.24, 2.45) is 0 Å². The summed E-state index contributed by atoms with van der Waals surface area (Å²) < 4.78 is 0. The Kier molecular flexibility index (Phi) is 2.95. The molecule has 0 saturated carbocycles. The first-order valence-electron chi connectivity index (χ1n) is 6.44. The van der Waals surface area contributed by atoms with Crippen LogP contribution >= 0.6 is 0 Å². The van der Waals surface area contributed by atoms with E-state index in [2.05, 4.69) is 35.8 Å². The molecule has 3 heteroatoms. The van der Waals surface area contributed by atoms with E-state index in [4.69, 9.17) is 0 Å². The lowest BCUT2D eigenvalue weighted by Gasteiger charge is -2.17. The molecule has 0 spiro atoms. The van der Waals surface area contributed by atoms with Gasteiger partial charge in [-0.2, -0.15) is 0 Å². The summed E-state index contributed by atoms with van der Waals surface area (Å²) in [7, 11) is 0. The van der Waals surface area contributed by atoms with Gasteiger partial charge >= 0.3 is 6.03 Å². The van der Waals surface area contributed by atoms with Crippen LogP contribution in [0.25, 0.3) is 0 Å². The summed E-state index contributed by atoms with van der Waals surface area (Å²) in [5.41, 5.74) is 4.49. The molecule has 0 radical (unpaired) electrons. The second kappa shape index (κ2) is 4.76. The molecular weight excluding hydrogens is 236 g/mol. The fourth-order valence-electron chi connectivity index (χ4n) is 2.54. The number of aryl methyl sites for hydroxylation is 1. The number of nitrogens with one attached hydrogen (secondary N) is 2. The predicted molar refractivity (Wildman–Crippen MR) is 76.5 cm³/mol. The maximum absolute atomic E-state index is 11.7. The number of rotatable bonds is 1. The Labute approximate surface area is 112 Å². The van der Waals surface area contributed by atoms with Crippen LogP contribution in [0.3, 0.4) is 0 Å². The van der Waals surface area contributed by atoms with E-state index >= 15 is 0 Å². The van der Waals surface area contributed by atoms with Crippen LogP contribution in [0, 0.1) is 6.92 Å². The van der Waals surface area contributed by atoms with Crippen LogP contribution in [-0.4, -0.2) is 12.6 Å². The molecule has 0 bridgehead atoms. The van der Waals surface area contributed by atoms with Crippen molar-refractivity contribution in [2.75, 3.05) is 11.9 Å². The molecule has 1 aliphatic heterocycles. The molecule has 19 heavy (non-hydrogen) atoms. The predicted octanol–water partition coefficient (Wildman–Crippen LogP) is 3.26. The molecule has 96 valence electrons. The van der Waals surface area contributed by atoms with E-state index in [-0.39, 0.29) is 11.9 Å².